The van der Waals surface area contributed by atoms with Gasteiger partial charge in [0.05, 0.1) is 18.2 Å². The van der Waals surface area contributed by atoms with E-state index in [1.54, 1.807) is 0 Å². The molecule has 1 amide bonds. The first kappa shape index (κ1) is 14.3. The molecule has 3 heterocycles. The minimum Gasteiger partial charge on any atom is -0.335 e. The molecule has 5 heteroatoms. The number of aromatic nitrogens is 2. The number of carbonyl (C=O) groups excluding carboxylic acids is 1. The van der Waals surface area contributed by atoms with E-state index in [1.807, 2.05) is 64.2 Å². The number of halogens is 1. The largest absolute Gasteiger partial charge is 0.335 e. The molecule has 0 N–H and O–H groups in total. The van der Waals surface area contributed by atoms with Crippen LogP contribution >= 0.6 is 11.6 Å². The summed E-state index contributed by atoms with van der Waals surface area (Å²) in [6.45, 7) is 0.805. The minimum absolute atomic E-state index is 0.125. The van der Waals surface area contributed by atoms with Gasteiger partial charge in [0.25, 0.3) is 0 Å². The van der Waals surface area contributed by atoms with Crippen molar-refractivity contribution in [3.05, 3.63) is 71.1 Å². The second-order valence-corrected chi connectivity index (χ2v) is 6.25. The third-order valence-electron chi connectivity index (χ3n) is 4.34. The van der Waals surface area contributed by atoms with Gasteiger partial charge in [-0.2, -0.15) is 0 Å². The SMILES string of the molecule is O=C(Cc1cn2ccccc2n1)N1CCC1c1ccc(Cl)cc1. The summed E-state index contributed by atoms with van der Waals surface area (Å²) in [6, 6.07) is 13.7. The van der Waals surface area contributed by atoms with Crippen LogP contribution in [0.25, 0.3) is 5.65 Å². The van der Waals surface area contributed by atoms with E-state index in [9.17, 15) is 4.79 Å². The van der Waals surface area contributed by atoms with Gasteiger partial charge in [0.1, 0.15) is 5.65 Å². The lowest BCUT2D eigenvalue weighted by Crippen LogP contribution is -2.45. The molecule has 1 unspecified atom stereocenters. The van der Waals surface area contributed by atoms with Crippen molar-refractivity contribution < 1.29 is 4.79 Å². The molecule has 1 aromatic carbocycles. The van der Waals surface area contributed by atoms with Crippen LogP contribution < -0.4 is 0 Å². The third-order valence-corrected chi connectivity index (χ3v) is 4.59. The summed E-state index contributed by atoms with van der Waals surface area (Å²) in [5.74, 6) is 0.125. The molecule has 0 aliphatic carbocycles. The van der Waals surface area contributed by atoms with Crippen molar-refractivity contribution >= 4 is 23.2 Å². The lowest BCUT2D eigenvalue weighted by molar-refractivity contribution is -0.138. The maximum Gasteiger partial charge on any atom is 0.229 e. The summed E-state index contributed by atoms with van der Waals surface area (Å²) >= 11 is 5.93. The van der Waals surface area contributed by atoms with Gasteiger partial charge in [0, 0.05) is 24.0 Å². The quantitative estimate of drug-likeness (QED) is 0.739. The van der Waals surface area contributed by atoms with E-state index in [2.05, 4.69) is 4.98 Å². The average molecular weight is 326 g/mol. The van der Waals surface area contributed by atoms with Crippen LogP contribution in [-0.2, 0) is 11.2 Å². The Morgan fingerprint density at radius 1 is 1.22 bits per heavy atom. The van der Waals surface area contributed by atoms with E-state index >= 15 is 0 Å². The maximum atomic E-state index is 12.6. The molecule has 1 saturated heterocycles. The molecule has 116 valence electrons. The smallest absolute Gasteiger partial charge is 0.229 e. The van der Waals surface area contributed by atoms with E-state index in [1.165, 1.54) is 0 Å². The van der Waals surface area contributed by atoms with Gasteiger partial charge in [0.2, 0.25) is 5.91 Å². The van der Waals surface area contributed by atoms with E-state index in [0.717, 1.165) is 34.9 Å². The van der Waals surface area contributed by atoms with Crippen molar-refractivity contribution in [1.29, 1.82) is 0 Å². The van der Waals surface area contributed by atoms with Gasteiger partial charge < -0.3 is 9.30 Å². The second-order valence-electron chi connectivity index (χ2n) is 5.82. The molecule has 23 heavy (non-hydrogen) atoms. The van der Waals surface area contributed by atoms with Crippen LogP contribution in [0.5, 0.6) is 0 Å². The van der Waals surface area contributed by atoms with E-state index in [0.29, 0.717) is 6.42 Å². The molecule has 1 aliphatic heterocycles. The highest BCUT2D eigenvalue weighted by molar-refractivity contribution is 6.30. The first-order valence-corrected chi connectivity index (χ1v) is 8.06. The molecular formula is C18H16ClN3O. The first-order chi connectivity index (χ1) is 11.2. The molecule has 3 aromatic rings. The van der Waals surface area contributed by atoms with Gasteiger partial charge in [-0.1, -0.05) is 29.8 Å². The molecule has 4 nitrogen and oxygen atoms in total. The Kier molecular flexibility index (Phi) is 3.54. The summed E-state index contributed by atoms with van der Waals surface area (Å²) in [7, 11) is 0. The topological polar surface area (TPSA) is 37.6 Å². The molecule has 0 bridgehead atoms. The van der Waals surface area contributed by atoms with Crippen molar-refractivity contribution in [2.45, 2.75) is 18.9 Å². The third kappa shape index (κ3) is 2.70. The second kappa shape index (κ2) is 5.70. The number of imidazole rings is 1. The number of hydrogen-bond donors (Lipinski definition) is 0. The van der Waals surface area contributed by atoms with Crippen molar-refractivity contribution in [2.24, 2.45) is 0 Å². The number of rotatable bonds is 3. The number of likely N-dealkylation sites (tertiary alicyclic amines) is 1. The van der Waals surface area contributed by atoms with Gasteiger partial charge in [-0.25, -0.2) is 4.98 Å². The molecule has 0 spiro atoms. The summed E-state index contributed by atoms with van der Waals surface area (Å²) < 4.78 is 1.94. The lowest BCUT2D eigenvalue weighted by atomic mass is 9.94. The van der Waals surface area contributed by atoms with E-state index < -0.39 is 0 Å². The summed E-state index contributed by atoms with van der Waals surface area (Å²) in [4.78, 5) is 19.0. The molecular weight excluding hydrogens is 310 g/mol. The van der Waals surface area contributed by atoms with Crippen LogP contribution in [0.1, 0.15) is 23.7 Å². The van der Waals surface area contributed by atoms with Crippen molar-refractivity contribution in [1.82, 2.24) is 14.3 Å². The van der Waals surface area contributed by atoms with Crippen LogP contribution in [0.3, 0.4) is 0 Å². The fourth-order valence-corrected chi connectivity index (χ4v) is 3.17. The number of nitrogens with zero attached hydrogens (tertiary/aromatic N) is 3. The predicted octanol–water partition coefficient (Wildman–Crippen LogP) is 3.50. The Hall–Kier alpha value is -2.33. The van der Waals surface area contributed by atoms with Crippen LogP contribution in [0.15, 0.2) is 54.9 Å². The number of amides is 1. The monoisotopic (exact) mass is 325 g/mol. The molecule has 2 aromatic heterocycles. The standard InChI is InChI=1S/C18H16ClN3O/c19-14-6-4-13(5-7-14)16-8-10-22(16)18(23)11-15-12-21-9-2-1-3-17(21)20-15/h1-7,9,12,16H,8,10-11H2. The fraction of sp³-hybridized carbons (Fsp3) is 0.222. The van der Waals surface area contributed by atoms with E-state index in [-0.39, 0.29) is 11.9 Å². The Bertz CT molecular complexity index is 823. The molecule has 4 rings (SSSR count). The van der Waals surface area contributed by atoms with Crippen LogP contribution in [0, 0.1) is 0 Å². The Morgan fingerprint density at radius 3 is 2.74 bits per heavy atom. The lowest BCUT2D eigenvalue weighted by Gasteiger charge is -2.41. The Balaban J connectivity index is 1.49. The van der Waals surface area contributed by atoms with Gasteiger partial charge >= 0.3 is 0 Å². The molecule has 0 saturated carbocycles. The summed E-state index contributed by atoms with van der Waals surface area (Å²) in [5, 5.41) is 0.718. The van der Waals surface area contributed by atoms with E-state index in [4.69, 9.17) is 11.6 Å². The zero-order valence-electron chi connectivity index (χ0n) is 12.5. The maximum absolute atomic E-state index is 12.6. The predicted molar refractivity (Wildman–Crippen MR) is 89.4 cm³/mol. The van der Waals surface area contributed by atoms with Gasteiger partial charge in [-0.3, -0.25) is 4.79 Å². The summed E-state index contributed by atoms with van der Waals surface area (Å²) in [5.41, 5.74) is 2.82. The zero-order chi connectivity index (χ0) is 15.8. The number of fused-ring (bicyclic) bond motifs is 1. The van der Waals surface area contributed by atoms with Gasteiger partial charge in [-0.05, 0) is 36.2 Å². The molecule has 1 aliphatic rings. The normalized spacial score (nSPS) is 17.3. The highest BCUT2D eigenvalue weighted by Crippen LogP contribution is 2.34. The van der Waals surface area contributed by atoms with Crippen molar-refractivity contribution in [3.63, 3.8) is 0 Å². The fourth-order valence-electron chi connectivity index (χ4n) is 3.05. The van der Waals surface area contributed by atoms with Crippen LogP contribution in [-0.4, -0.2) is 26.7 Å². The number of carbonyl (C=O) groups is 1. The van der Waals surface area contributed by atoms with Crippen LogP contribution in [0.4, 0.5) is 0 Å². The number of benzene rings is 1. The first-order valence-electron chi connectivity index (χ1n) is 7.68. The Morgan fingerprint density at radius 2 is 2.04 bits per heavy atom. The van der Waals surface area contributed by atoms with Crippen molar-refractivity contribution in [3.8, 4) is 0 Å². The van der Waals surface area contributed by atoms with Crippen molar-refractivity contribution in [2.75, 3.05) is 6.54 Å². The zero-order valence-corrected chi connectivity index (χ0v) is 13.3. The van der Waals surface area contributed by atoms with Gasteiger partial charge in [0.15, 0.2) is 0 Å². The minimum atomic E-state index is 0.125. The summed E-state index contributed by atoms with van der Waals surface area (Å²) in [6.07, 6.45) is 5.20. The number of pyridine rings is 1. The molecule has 0 radical (unpaired) electrons. The highest BCUT2D eigenvalue weighted by Gasteiger charge is 2.33. The highest BCUT2D eigenvalue weighted by atomic mass is 35.5. The van der Waals surface area contributed by atoms with Gasteiger partial charge in [-0.15, -0.1) is 0 Å². The average Bonchev–Trinajstić information content (AvgIpc) is 2.90. The van der Waals surface area contributed by atoms with Crippen LogP contribution in [0.2, 0.25) is 5.02 Å². The number of hydrogen-bond acceptors (Lipinski definition) is 2. The molecule has 1 fully saturated rings. The molecule has 1 atom stereocenters. The Labute approximate surface area is 139 Å².